The van der Waals surface area contributed by atoms with Gasteiger partial charge in [-0.2, -0.15) is 0 Å². The molecule has 0 radical (unpaired) electrons. The Morgan fingerprint density at radius 1 is 1.29 bits per heavy atom. The molecule has 5 nitrogen and oxygen atoms in total. The van der Waals surface area contributed by atoms with E-state index in [0.29, 0.717) is 23.9 Å². The largest absolute Gasteiger partial charge is 0.497 e. The van der Waals surface area contributed by atoms with Crippen LogP contribution in [0.25, 0.3) is 11.5 Å². The van der Waals surface area contributed by atoms with Gasteiger partial charge in [0.15, 0.2) is 0 Å². The maximum atomic E-state index is 5.48. The molecule has 17 heavy (non-hydrogen) atoms. The fourth-order valence-electron chi connectivity index (χ4n) is 1.50. The summed E-state index contributed by atoms with van der Waals surface area (Å²) in [5.74, 6) is 2.49. The third kappa shape index (κ3) is 2.24. The number of rotatable bonds is 4. The predicted octanol–water partition coefficient (Wildman–Crippen LogP) is 1.82. The fraction of sp³-hybridized carbons (Fsp3) is 0.250. The molecule has 5 heteroatoms. The molecule has 0 bridgehead atoms. The standard InChI is InChI=1S/C12H14N2O3/c1-15-8-3-4-10(11(5-8)16-2)12-14-7-9(6-13)17-12/h3-5,7H,6,13H2,1-2H3. The maximum absolute atomic E-state index is 5.48. The van der Waals surface area contributed by atoms with Gasteiger partial charge in [0, 0.05) is 6.07 Å². The lowest BCUT2D eigenvalue weighted by molar-refractivity contribution is 0.394. The molecule has 0 amide bonds. The van der Waals surface area contributed by atoms with Crippen molar-refractivity contribution < 1.29 is 13.9 Å². The highest BCUT2D eigenvalue weighted by Gasteiger charge is 2.12. The molecule has 1 aromatic heterocycles. The van der Waals surface area contributed by atoms with Crippen LogP contribution in [-0.2, 0) is 6.54 Å². The van der Waals surface area contributed by atoms with Gasteiger partial charge in [-0.05, 0) is 12.1 Å². The van der Waals surface area contributed by atoms with E-state index >= 15 is 0 Å². The van der Waals surface area contributed by atoms with E-state index in [1.807, 2.05) is 12.1 Å². The number of nitrogens with two attached hydrogens (primary N) is 1. The van der Waals surface area contributed by atoms with Gasteiger partial charge >= 0.3 is 0 Å². The Hall–Kier alpha value is -2.01. The van der Waals surface area contributed by atoms with Crippen LogP contribution in [0.5, 0.6) is 11.5 Å². The van der Waals surface area contributed by atoms with Crippen LogP contribution in [0.2, 0.25) is 0 Å². The molecule has 0 saturated carbocycles. The Bertz CT molecular complexity index is 508. The van der Waals surface area contributed by atoms with Crippen LogP contribution in [0.1, 0.15) is 5.76 Å². The molecule has 1 aromatic carbocycles. The lowest BCUT2D eigenvalue weighted by atomic mass is 10.2. The van der Waals surface area contributed by atoms with Gasteiger partial charge in [-0.25, -0.2) is 4.98 Å². The molecule has 0 aliphatic carbocycles. The van der Waals surface area contributed by atoms with Gasteiger partial charge in [0.05, 0.1) is 32.5 Å². The zero-order valence-electron chi connectivity index (χ0n) is 9.77. The summed E-state index contributed by atoms with van der Waals surface area (Å²) < 4.78 is 15.9. The number of hydrogen-bond acceptors (Lipinski definition) is 5. The molecule has 0 unspecified atom stereocenters. The van der Waals surface area contributed by atoms with Crippen molar-refractivity contribution in [3.8, 4) is 23.0 Å². The van der Waals surface area contributed by atoms with E-state index in [1.165, 1.54) is 0 Å². The van der Waals surface area contributed by atoms with E-state index < -0.39 is 0 Å². The summed E-state index contributed by atoms with van der Waals surface area (Å²) in [6.07, 6.45) is 1.61. The maximum Gasteiger partial charge on any atom is 0.230 e. The molecule has 0 aliphatic rings. The zero-order chi connectivity index (χ0) is 12.3. The molecular weight excluding hydrogens is 220 g/mol. The predicted molar refractivity (Wildman–Crippen MR) is 62.9 cm³/mol. The average Bonchev–Trinajstić information content (AvgIpc) is 2.86. The molecule has 2 rings (SSSR count). The normalized spacial score (nSPS) is 10.3. The first-order valence-corrected chi connectivity index (χ1v) is 5.15. The third-order valence-electron chi connectivity index (χ3n) is 2.39. The number of ether oxygens (including phenoxy) is 2. The van der Waals surface area contributed by atoms with Gasteiger partial charge < -0.3 is 19.6 Å². The van der Waals surface area contributed by atoms with Crippen molar-refractivity contribution in [2.24, 2.45) is 5.73 Å². The Balaban J connectivity index is 2.43. The number of aromatic nitrogens is 1. The van der Waals surface area contributed by atoms with Crippen LogP contribution < -0.4 is 15.2 Å². The lowest BCUT2D eigenvalue weighted by Gasteiger charge is -2.07. The van der Waals surface area contributed by atoms with E-state index in [9.17, 15) is 0 Å². The van der Waals surface area contributed by atoms with E-state index in [-0.39, 0.29) is 0 Å². The van der Waals surface area contributed by atoms with Crippen molar-refractivity contribution in [1.29, 1.82) is 0 Å². The summed E-state index contributed by atoms with van der Waals surface area (Å²) >= 11 is 0. The summed E-state index contributed by atoms with van der Waals surface area (Å²) in [5.41, 5.74) is 6.24. The minimum atomic E-state index is 0.325. The molecule has 0 atom stereocenters. The van der Waals surface area contributed by atoms with E-state index in [4.69, 9.17) is 19.6 Å². The first kappa shape index (κ1) is 11.5. The van der Waals surface area contributed by atoms with Crippen LogP contribution in [0, 0.1) is 0 Å². The van der Waals surface area contributed by atoms with Crippen molar-refractivity contribution >= 4 is 0 Å². The number of oxazole rings is 1. The molecule has 0 spiro atoms. The molecule has 90 valence electrons. The summed E-state index contributed by atoms with van der Waals surface area (Å²) in [6, 6.07) is 5.44. The Morgan fingerprint density at radius 3 is 2.71 bits per heavy atom. The summed E-state index contributed by atoms with van der Waals surface area (Å²) in [6.45, 7) is 0.325. The van der Waals surface area contributed by atoms with Crippen LogP contribution in [0.15, 0.2) is 28.8 Å². The van der Waals surface area contributed by atoms with Crippen molar-refractivity contribution in [1.82, 2.24) is 4.98 Å². The summed E-state index contributed by atoms with van der Waals surface area (Å²) in [7, 11) is 3.19. The van der Waals surface area contributed by atoms with Crippen LogP contribution >= 0.6 is 0 Å². The first-order valence-electron chi connectivity index (χ1n) is 5.15. The summed E-state index contributed by atoms with van der Waals surface area (Å²) in [4.78, 5) is 4.15. The molecule has 2 aromatic rings. The second kappa shape index (κ2) is 4.88. The Morgan fingerprint density at radius 2 is 2.12 bits per heavy atom. The van der Waals surface area contributed by atoms with Crippen LogP contribution in [0.3, 0.4) is 0 Å². The van der Waals surface area contributed by atoms with E-state index in [2.05, 4.69) is 4.98 Å². The highest BCUT2D eigenvalue weighted by molar-refractivity contribution is 5.64. The third-order valence-corrected chi connectivity index (χ3v) is 2.39. The second-order valence-corrected chi connectivity index (χ2v) is 3.40. The summed E-state index contributed by atoms with van der Waals surface area (Å²) in [5, 5.41) is 0. The number of hydrogen-bond donors (Lipinski definition) is 1. The zero-order valence-corrected chi connectivity index (χ0v) is 9.77. The molecule has 0 aliphatic heterocycles. The Labute approximate surface area is 99.2 Å². The van der Waals surface area contributed by atoms with Crippen LogP contribution in [0.4, 0.5) is 0 Å². The van der Waals surface area contributed by atoms with Crippen molar-refractivity contribution in [3.63, 3.8) is 0 Å². The highest BCUT2D eigenvalue weighted by atomic mass is 16.5. The number of nitrogens with zero attached hydrogens (tertiary/aromatic N) is 1. The molecule has 2 N–H and O–H groups in total. The minimum Gasteiger partial charge on any atom is -0.497 e. The van der Waals surface area contributed by atoms with Gasteiger partial charge in [0.25, 0.3) is 0 Å². The SMILES string of the molecule is COc1ccc(-c2ncc(CN)o2)c(OC)c1. The second-order valence-electron chi connectivity index (χ2n) is 3.40. The van der Waals surface area contributed by atoms with Gasteiger partial charge in [-0.3, -0.25) is 0 Å². The van der Waals surface area contributed by atoms with Gasteiger partial charge in [-0.15, -0.1) is 0 Å². The minimum absolute atomic E-state index is 0.325. The van der Waals surface area contributed by atoms with Crippen molar-refractivity contribution in [3.05, 3.63) is 30.2 Å². The quantitative estimate of drug-likeness (QED) is 0.873. The monoisotopic (exact) mass is 234 g/mol. The van der Waals surface area contributed by atoms with E-state index in [0.717, 1.165) is 11.3 Å². The highest BCUT2D eigenvalue weighted by Crippen LogP contribution is 2.32. The average molecular weight is 234 g/mol. The molecule has 0 saturated heterocycles. The Kier molecular flexibility index (Phi) is 3.30. The van der Waals surface area contributed by atoms with Gasteiger partial charge in [0.1, 0.15) is 17.3 Å². The molecular formula is C12H14N2O3. The van der Waals surface area contributed by atoms with Crippen molar-refractivity contribution in [2.75, 3.05) is 14.2 Å². The van der Waals surface area contributed by atoms with E-state index in [1.54, 1.807) is 26.5 Å². The van der Waals surface area contributed by atoms with Gasteiger partial charge in [0.2, 0.25) is 5.89 Å². The van der Waals surface area contributed by atoms with Crippen LogP contribution in [-0.4, -0.2) is 19.2 Å². The smallest absolute Gasteiger partial charge is 0.230 e. The fourth-order valence-corrected chi connectivity index (χ4v) is 1.50. The topological polar surface area (TPSA) is 70.5 Å². The van der Waals surface area contributed by atoms with Gasteiger partial charge in [-0.1, -0.05) is 0 Å². The molecule has 0 fully saturated rings. The number of benzene rings is 1. The lowest BCUT2D eigenvalue weighted by Crippen LogP contribution is -1.93. The number of methoxy groups -OCH3 is 2. The molecule has 1 heterocycles. The first-order chi connectivity index (χ1) is 8.28. The van der Waals surface area contributed by atoms with Crippen molar-refractivity contribution in [2.45, 2.75) is 6.54 Å².